The minimum atomic E-state index is -0.541. The number of amides is 1. The number of halogens is 1. The Kier molecular flexibility index (Phi) is 5.06. The summed E-state index contributed by atoms with van der Waals surface area (Å²) in [6, 6.07) is 14.0. The molecule has 1 atom stereocenters. The highest BCUT2D eigenvalue weighted by atomic mass is 32.1. The predicted octanol–water partition coefficient (Wildman–Crippen LogP) is 2.46. The van der Waals surface area contributed by atoms with Gasteiger partial charge in [-0.05, 0) is 36.3 Å². The SMILES string of the molecule is CC(C(=O)NNC(N)=S)c1ccc(-c2ccccc2)c(F)c1. The zero-order valence-corrected chi connectivity index (χ0v) is 12.8. The Morgan fingerprint density at radius 3 is 2.45 bits per heavy atom. The molecule has 2 rings (SSSR count). The molecule has 0 aliphatic heterocycles. The van der Waals surface area contributed by atoms with Crippen LogP contribution in [0.4, 0.5) is 4.39 Å². The van der Waals surface area contributed by atoms with Gasteiger partial charge in [0, 0.05) is 5.56 Å². The van der Waals surface area contributed by atoms with Gasteiger partial charge in [-0.3, -0.25) is 15.6 Å². The van der Waals surface area contributed by atoms with Gasteiger partial charge in [-0.1, -0.05) is 42.5 Å². The van der Waals surface area contributed by atoms with Gasteiger partial charge in [0.2, 0.25) is 5.91 Å². The maximum atomic E-state index is 14.3. The molecular formula is C16H16FN3OS. The van der Waals surface area contributed by atoms with E-state index < -0.39 is 5.92 Å². The molecular weight excluding hydrogens is 301 g/mol. The molecule has 0 aliphatic rings. The van der Waals surface area contributed by atoms with E-state index in [4.69, 9.17) is 5.73 Å². The lowest BCUT2D eigenvalue weighted by Crippen LogP contribution is -2.45. The number of hydrogen-bond donors (Lipinski definition) is 3. The lowest BCUT2D eigenvalue weighted by atomic mass is 9.96. The average molecular weight is 317 g/mol. The number of hydrogen-bond acceptors (Lipinski definition) is 2. The third kappa shape index (κ3) is 3.79. The third-order valence-corrected chi connectivity index (χ3v) is 3.38. The van der Waals surface area contributed by atoms with Gasteiger partial charge in [0.1, 0.15) is 5.82 Å². The first-order valence-electron chi connectivity index (χ1n) is 6.69. The van der Waals surface area contributed by atoms with Gasteiger partial charge in [-0.2, -0.15) is 0 Å². The fourth-order valence-electron chi connectivity index (χ4n) is 2.04. The Bertz CT molecular complexity index is 691. The summed E-state index contributed by atoms with van der Waals surface area (Å²) in [4.78, 5) is 11.9. The Hall–Kier alpha value is -2.47. The minimum Gasteiger partial charge on any atom is -0.375 e. The third-order valence-electron chi connectivity index (χ3n) is 3.28. The maximum absolute atomic E-state index is 14.3. The van der Waals surface area contributed by atoms with E-state index in [0.29, 0.717) is 11.1 Å². The molecule has 1 unspecified atom stereocenters. The van der Waals surface area contributed by atoms with Crippen molar-refractivity contribution >= 4 is 23.2 Å². The molecule has 1 amide bonds. The lowest BCUT2D eigenvalue weighted by Gasteiger charge is -2.14. The predicted molar refractivity (Wildman–Crippen MR) is 88.3 cm³/mol. The summed E-state index contributed by atoms with van der Waals surface area (Å²) >= 11 is 4.60. The van der Waals surface area contributed by atoms with Gasteiger partial charge < -0.3 is 5.73 Å². The van der Waals surface area contributed by atoms with Crippen molar-refractivity contribution < 1.29 is 9.18 Å². The van der Waals surface area contributed by atoms with Crippen LogP contribution in [0.15, 0.2) is 48.5 Å². The normalized spacial score (nSPS) is 11.5. The minimum absolute atomic E-state index is 0.0360. The van der Waals surface area contributed by atoms with Crippen LogP contribution < -0.4 is 16.6 Å². The highest BCUT2D eigenvalue weighted by molar-refractivity contribution is 7.80. The van der Waals surface area contributed by atoms with Crippen molar-refractivity contribution in [2.24, 2.45) is 5.73 Å². The van der Waals surface area contributed by atoms with Crippen LogP contribution in [0.25, 0.3) is 11.1 Å². The maximum Gasteiger partial charge on any atom is 0.245 e. The number of nitrogens with one attached hydrogen (secondary N) is 2. The number of rotatable bonds is 3. The Morgan fingerprint density at radius 2 is 1.86 bits per heavy atom. The molecule has 0 heterocycles. The summed E-state index contributed by atoms with van der Waals surface area (Å²) < 4.78 is 14.3. The summed E-state index contributed by atoms with van der Waals surface area (Å²) in [5, 5.41) is -0.0360. The molecule has 0 radical (unpaired) electrons. The number of benzene rings is 2. The highest BCUT2D eigenvalue weighted by Crippen LogP contribution is 2.26. The van der Waals surface area contributed by atoms with Gasteiger partial charge in [0.25, 0.3) is 0 Å². The number of thiocarbonyl (C=S) groups is 1. The molecule has 4 nitrogen and oxygen atoms in total. The topological polar surface area (TPSA) is 67.2 Å². The van der Waals surface area contributed by atoms with Crippen molar-refractivity contribution in [2.45, 2.75) is 12.8 Å². The van der Waals surface area contributed by atoms with Gasteiger partial charge in [-0.15, -0.1) is 0 Å². The number of carbonyl (C=O) groups is 1. The molecule has 0 aromatic heterocycles. The molecule has 0 spiro atoms. The van der Waals surface area contributed by atoms with Crippen molar-refractivity contribution in [2.75, 3.05) is 0 Å². The second kappa shape index (κ2) is 7.00. The molecule has 0 fully saturated rings. The van der Waals surface area contributed by atoms with Crippen LogP contribution in [0.3, 0.4) is 0 Å². The molecule has 22 heavy (non-hydrogen) atoms. The fraction of sp³-hybridized carbons (Fsp3) is 0.125. The lowest BCUT2D eigenvalue weighted by molar-refractivity contribution is -0.122. The van der Waals surface area contributed by atoms with Crippen molar-refractivity contribution in [3.8, 4) is 11.1 Å². The van der Waals surface area contributed by atoms with Crippen LogP contribution in [0.2, 0.25) is 0 Å². The first-order chi connectivity index (χ1) is 10.5. The van der Waals surface area contributed by atoms with Gasteiger partial charge in [-0.25, -0.2) is 4.39 Å². The Labute approximate surface area is 133 Å². The number of hydrazine groups is 1. The van der Waals surface area contributed by atoms with Crippen molar-refractivity contribution in [3.05, 3.63) is 59.9 Å². The van der Waals surface area contributed by atoms with E-state index in [1.807, 2.05) is 30.3 Å². The summed E-state index contributed by atoms with van der Waals surface area (Å²) in [5.41, 5.74) is 11.8. The highest BCUT2D eigenvalue weighted by Gasteiger charge is 2.17. The van der Waals surface area contributed by atoms with E-state index in [2.05, 4.69) is 23.1 Å². The van der Waals surface area contributed by atoms with E-state index in [1.54, 1.807) is 19.1 Å². The van der Waals surface area contributed by atoms with Crippen molar-refractivity contribution in [1.82, 2.24) is 10.9 Å². The van der Waals surface area contributed by atoms with Crippen LogP contribution in [0.1, 0.15) is 18.4 Å². The smallest absolute Gasteiger partial charge is 0.245 e. The largest absolute Gasteiger partial charge is 0.375 e. The molecule has 114 valence electrons. The zero-order chi connectivity index (χ0) is 16.1. The molecule has 6 heteroatoms. The second-order valence-electron chi connectivity index (χ2n) is 4.81. The van der Waals surface area contributed by atoms with Crippen molar-refractivity contribution in [1.29, 1.82) is 0 Å². The number of nitrogens with two attached hydrogens (primary N) is 1. The molecule has 0 saturated carbocycles. The molecule has 0 aliphatic carbocycles. The summed E-state index contributed by atoms with van der Waals surface area (Å²) in [6.07, 6.45) is 0. The average Bonchev–Trinajstić information content (AvgIpc) is 2.52. The summed E-state index contributed by atoms with van der Waals surface area (Å²) in [5.74, 6) is -1.26. The van der Waals surface area contributed by atoms with E-state index in [-0.39, 0.29) is 16.8 Å². The Morgan fingerprint density at radius 1 is 1.18 bits per heavy atom. The van der Waals surface area contributed by atoms with Crippen LogP contribution in [0.5, 0.6) is 0 Å². The summed E-state index contributed by atoms with van der Waals surface area (Å²) in [6.45, 7) is 1.67. The van der Waals surface area contributed by atoms with Crippen LogP contribution >= 0.6 is 12.2 Å². The zero-order valence-electron chi connectivity index (χ0n) is 12.0. The van der Waals surface area contributed by atoms with Gasteiger partial charge in [0.05, 0.1) is 5.92 Å². The van der Waals surface area contributed by atoms with E-state index in [9.17, 15) is 9.18 Å². The van der Waals surface area contributed by atoms with E-state index in [1.165, 1.54) is 6.07 Å². The fourth-order valence-corrected chi connectivity index (χ4v) is 2.09. The van der Waals surface area contributed by atoms with E-state index >= 15 is 0 Å². The van der Waals surface area contributed by atoms with Crippen LogP contribution in [-0.2, 0) is 4.79 Å². The first-order valence-corrected chi connectivity index (χ1v) is 7.10. The second-order valence-corrected chi connectivity index (χ2v) is 5.25. The standard InChI is InChI=1S/C16H16FN3OS/c1-10(15(21)19-20-16(18)22)12-7-8-13(14(17)9-12)11-5-3-2-4-6-11/h2-10H,1H3,(H,19,21)(H3,18,20,22). The molecule has 0 bridgehead atoms. The van der Waals surface area contributed by atoms with Gasteiger partial charge >= 0.3 is 0 Å². The van der Waals surface area contributed by atoms with Gasteiger partial charge in [0.15, 0.2) is 5.11 Å². The summed E-state index contributed by atoms with van der Waals surface area (Å²) in [7, 11) is 0. The first kappa shape index (κ1) is 15.9. The van der Waals surface area contributed by atoms with E-state index in [0.717, 1.165) is 5.56 Å². The quantitative estimate of drug-likeness (QED) is 0.601. The van der Waals surface area contributed by atoms with Crippen molar-refractivity contribution in [3.63, 3.8) is 0 Å². The molecule has 2 aromatic rings. The Balaban J connectivity index is 2.18. The van der Waals surface area contributed by atoms with Crippen LogP contribution in [0, 0.1) is 5.82 Å². The van der Waals surface area contributed by atoms with Crippen LogP contribution in [-0.4, -0.2) is 11.0 Å². The number of carbonyl (C=O) groups excluding carboxylic acids is 1. The molecule has 4 N–H and O–H groups in total. The molecule has 0 saturated heterocycles. The molecule has 2 aromatic carbocycles. The monoisotopic (exact) mass is 317 g/mol.